The molecule has 20 heavy (non-hydrogen) atoms. The molecule has 0 saturated carbocycles. The quantitative estimate of drug-likeness (QED) is 0.868. The molecule has 0 saturated heterocycles. The highest BCUT2D eigenvalue weighted by atomic mass is 16.4. The molecule has 1 unspecified atom stereocenters. The predicted molar refractivity (Wildman–Crippen MR) is 79.7 cm³/mol. The summed E-state index contributed by atoms with van der Waals surface area (Å²) >= 11 is 0. The summed E-state index contributed by atoms with van der Waals surface area (Å²) in [5.74, 6) is -0.682. The lowest BCUT2D eigenvalue weighted by molar-refractivity contribution is -0.142. The lowest BCUT2D eigenvalue weighted by atomic mass is 9.85. The van der Waals surface area contributed by atoms with Gasteiger partial charge in [0.05, 0.1) is 5.41 Å². The van der Waals surface area contributed by atoms with Crippen molar-refractivity contribution in [1.82, 2.24) is 0 Å². The van der Waals surface area contributed by atoms with Crippen LogP contribution in [0.25, 0.3) is 0 Å². The third kappa shape index (κ3) is 3.59. The molecule has 0 heterocycles. The molecule has 4 heteroatoms. The van der Waals surface area contributed by atoms with Gasteiger partial charge in [0.1, 0.15) is 0 Å². The Morgan fingerprint density at radius 1 is 1.10 bits per heavy atom. The molecule has 1 atom stereocenters. The fourth-order valence-corrected chi connectivity index (χ4v) is 1.65. The predicted octanol–water partition coefficient (Wildman–Crippen LogP) is 3.28. The van der Waals surface area contributed by atoms with Gasteiger partial charge in [0.25, 0.3) is 0 Å². The first-order valence-electron chi connectivity index (χ1n) is 6.81. The van der Waals surface area contributed by atoms with Gasteiger partial charge in [0.2, 0.25) is 5.91 Å². The van der Waals surface area contributed by atoms with Crippen LogP contribution < -0.4 is 5.32 Å². The molecule has 1 aromatic rings. The van der Waals surface area contributed by atoms with E-state index in [2.05, 4.69) is 5.32 Å². The van der Waals surface area contributed by atoms with Crippen LogP contribution in [0.4, 0.5) is 5.69 Å². The van der Waals surface area contributed by atoms with Gasteiger partial charge in [-0.3, -0.25) is 9.59 Å². The molecule has 4 nitrogen and oxygen atoms in total. The number of nitrogens with one attached hydrogen (secondary N) is 1. The summed E-state index contributed by atoms with van der Waals surface area (Å²) in [5.41, 5.74) is 0.459. The molecule has 1 aromatic carbocycles. The molecule has 1 amide bonds. The number of carbonyl (C=O) groups is 2. The van der Waals surface area contributed by atoms with Gasteiger partial charge >= 0.3 is 5.97 Å². The van der Waals surface area contributed by atoms with Crippen molar-refractivity contribution in [2.45, 2.75) is 40.0 Å². The number of carboxylic acids is 1. The van der Waals surface area contributed by atoms with Gasteiger partial charge in [0, 0.05) is 11.6 Å². The molecule has 0 aromatic heterocycles. The zero-order valence-corrected chi connectivity index (χ0v) is 12.7. The monoisotopic (exact) mass is 277 g/mol. The molecule has 2 N–H and O–H groups in total. The lowest BCUT2D eigenvalue weighted by Gasteiger charge is -2.20. The molecular weight excluding hydrogens is 254 g/mol. The van der Waals surface area contributed by atoms with Crippen molar-refractivity contribution in [2.24, 2.45) is 11.8 Å². The number of carboxylic acid groups (broad SMARTS) is 1. The number of carbonyl (C=O) groups excluding carboxylic acids is 1. The van der Waals surface area contributed by atoms with Crippen molar-refractivity contribution in [3.05, 3.63) is 29.8 Å². The van der Waals surface area contributed by atoms with Crippen LogP contribution in [0.3, 0.4) is 0 Å². The van der Waals surface area contributed by atoms with Crippen LogP contribution in [0.1, 0.15) is 40.2 Å². The summed E-state index contributed by atoms with van der Waals surface area (Å²) < 4.78 is 0. The molecule has 0 bridgehead atoms. The van der Waals surface area contributed by atoms with E-state index in [1.807, 2.05) is 20.8 Å². The smallest absolute Gasteiger partial charge is 0.313 e. The van der Waals surface area contributed by atoms with E-state index in [0.29, 0.717) is 11.3 Å². The fraction of sp³-hybridized carbons (Fsp3) is 0.500. The van der Waals surface area contributed by atoms with Gasteiger partial charge < -0.3 is 10.4 Å². The second-order valence-corrected chi connectivity index (χ2v) is 6.03. The van der Waals surface area contributed by atoms with E-state index in [1.165, 1.54) is 0 Å². The van der Waals surface area contributed by atoms with Crippen molar-refractivity contribution in [3.63, 3.8) is 0 Å². The maximum absolute atomic E-state index is 11.9. The van der Waals surface area contributed by atoms with Gasteiger partial charge in [0.15, 0.2) is 0 Å². The Morgan fingerprint density at radius 3 is 2.00 bits per heavy atom. The van der Waals surface area contributed by atoms with Crippen LogP contribution >= 0.6 is 0 Å². The van der Waals surface area contributed by atoms with E-state index >= 15 is 0 Å². The number of hydrogen-bond acceptors (Lipinski definition) is 2. The number of hydrogen-bond donors (Lipinski definition) is 2. The zero-order valence-electron chi connectivity index (χ0n) is 12.7. The van der Waals surface area contributed by atoms with Crippen LogP contribution in [0.15, 0.2) is 24.3 Å². The van der Waals surface area contributed by atoms with E-state index in [0.717, 1.165) is 0 Å². The summed E-state index contributed by atoms with van der Waals surface area (Å²) in [7, 11) is 0. The van der Waals surface area contributed by atoms with Crippen molar-refractivity contribution in [2.75, 3.05) is 5.32 Å². The summed E-state index contributed by atoms with van der Waals surface area (Å²) in [6.07, 6.45) is 0. The fourth-order valence-electron chi connectivity index (χ4n) is 1.65. The minimum absolute atomic E-state index is 0.0229. The average molecular weight is 277 g/mol. The Bertz CT molecular complexity index is 489. The highest BCUT2D eigenvalue weighted by Crippen LogP contribution is 2.25. The van der Waals surface area contributed by atoms with E-state index < -0.39 is 11.4 Å². The van der Waals surface area contributed by atoms with Gasteiger partial charge in [-0.05, 0) is 37.5 Å². The number of rotatable bonds is 5. The molecule has 0 spiro atoms. The molecule has 0 radical (unpaired) electrons. The Labute approximate surface area is 120 Å². The molecule has 0 aliphatic heterocycles. The first-order valence-corrected chi connectivity index (χ1v) is 6.81. The van der Waals surface area contributed by atoms with E-state index in [4.69, 9.17) is 0 Å². The summed E-state index contributed by atoms with van der Waals surface area (Å²) in [6.45, 7) is 9.21. The number of amides is 1. The van der Waals surface area contributed by atoms with Gasteiger partial charge in [-0.2, -0.15) is 0 Å². The van der Waals surface area contributed by atoms with Crippen molar-refractivity contribution >= 4 is 17.6 Å². The standard InChI is InChI=1S/C16H23NO3/c1-10(2)11(3)14(18)17-13-8-6-12(7-9-13)16(4,5)15(19)20/h6-11H,1-5H3,(H,17,18)(H,19,20). The highest BCUT2D eigenvalue weighted by molar-refractivity contribution is 5.92. The van der Waals surface area contributed by atoms with Crippen LogP contribution in [0.2, 0.25) is 0 Å². The Hall–Kier alpha value is -1.84. The molecule has 0 aliphatic carbocycles. The lowest BCUT2D eigenvalue weighted by Crippen LogP contribution is -2.28. The Morgan fingerprint density at radius 2 is 1.60 bits per heavy atom. The van der Waals surface area contributed by atoms with Crippen molar-refractivity contribution in [3.8, 4) is 0 Å². The SMILES string of the molecule is CC(C)C(C)C(=O)Nc1ccc(C(C)(C)C(=O)O)cc1. The van der Waals surface area contributed by atoms with Crippen molar-refractivity contribution < 1.29 is 14.7 Å². The van der Waals surface area contributed by atoms with E-state index in [-0.39, 0.29) is 17.7 Å². The maximum atomic E-state index is 11.9. The van der Waals surface area contributed by atoms with E-state index in [9.17, 15) is 14.7 Å². The highest BCUT2D eigenvalue weighted by Gasteiger charge is 2.29. The minimum Gasteiger partial charge on any atom is -0.481 e. The third-order valence-corrected chi connectivity index (χ3v) is 3.82. The second-order valence-electron chi connectivity index (χ2n) is 6.03. The second kappa shape index (κ2) is 6.07. The minimum atomic E-state index is -0.937. The largest absolute Gasteiger partial charge is 0.481 e. The van der Waals surface area contributed by atoms with Gasteiger partial charge in [-0.25, -0.2) is 0 Å². The van der Waals surface area contributed by atoms with Gasteiger partial charge in [-0.15, -0.1) is 0 Å². The average Bonchev–Trinajstić information content (AvgIpc) is 2.38. The van der Waals surface area contributed by atoms with Crippen LogP contribution in [-0.4, -0.2) is 17.0 Å². The first kappa shape index (κ1) is 16.2. The van der Waals surface area contributed by atoms with Crippen molar-refractivity contribution in [1.29, 1.82) is 0 Å². The zero-order chi connectivity index (χ0) is 15.5. The third-order valence-electron chi connectivity index (χ3n) is 3.82. The summed E-state index contributed by atoms with van der Waals surface area (Å²) in [4.78, 5) is 23.1. The topological polar surface area (TPSA) is 66.4 Å². The van der Waals surface area contributed by atoms with Gasteiger partial charge in [-0.1, -0.05) is 32.9 Å². The molecule has 0 fully saturated rings. The number of anilines is 1. The molecule has 110 valence electrons. The first-order chi connectivity index (χ1) is 9.16. The Kier molecular flexibility index (Phi) is 4.93. The molecule has 0 aliphatic rings. The normalized spacial score (nSPS) is 13.1. The summed E-state index contributed by atoms with van der Waals surface area (Å²) in [6, 6.07) is 6.96. The Balaban J connectivity index is 2.83. The number of benzene rings is 1. The van der Waals surface area contributed by atoms with Crippen LogP contribution in [0.5, 0.6) is 0 Å². The summed E-state index contributed by atoms with van der Waals surface area (Å²) in [5, 5.41) is 12.0. The van der Waals surface area contributed by atoms with Crippen LogP contribution in [0, 0.1) is 11.8 Å². The molecule has 1 rings (SSSR count). The number of aliphatic carboxylic acids is 1. The molecular formula is C16H23NO3. The maximum Gasteiger partial charge on any atom is 0.313 e. The van der Waals surface area contributed by atoms with E-state index in [1.54, 1.807) is 38.1 Å². The van der Waals surface area contributed by atoms with Crippen LogP contribution in [-0.2, 0) is 15.0 Å².